The predicted molar refractivity (Wildman–Crippen MR) is 93.4 cm³/mol. The molecule has 0 radical (unpaired) electrons. The third-order valence-corrected chi connectivity index (χ3v) is 4.01. The molecule has 1 aliphatic carbocycles. The summed E-state index contributed by atoms with van der Waals surface area (Å²) in [4.78, 5) is 28.3. The van der Waals surface area contributed by atoms with Crippen LogP contribution >= 0.6 is 0 Å². The number of carbonyl (C=O) groups excluding carboxylic acids is 1. The van der Waals surface area contributed by atoms with Gasteiger partial charge in [0.05, 0.1) is 12.0 Å². The van der Waals surface area contributed by atoms with Crippen molar-refractivity contribution < 1.29 is 4.79 Å². The lowest BCUT2D eigenvalue weighted by atomic mass is 10.1. The Morgan fingerprint density at radius 3 is 2.54 bits per heavy atom. The molecule has 6 heteroatoms. The number of hydrogen-bond donors (Lipinski definition) is 2. The van der Waals surface area contributed by atoms with Crippen LogP contribution in [0.15, 0.2) is 35.4 Å². The lowest BCUT2D eigenvalue weighted by Gasteiger charge is -2.10. The van der Waals surface area contributed by atoms with E-state index >= 15 is 0 Å². The van der Waals surface area contributed by atoms with E-state index in [9.17, 15) is 9.59 Å². The number of nitrogens with zero attached hydrogens (tertiary/aromatic N) is 2. The van der Waals surface area contributed by atoms with Gasteiger partial charge < -0.3 is 10.6 Å². The summed E-state index contributed by atoms with van der Waals surface area (Å²) in [6.45, 7) is 4.74. The molecule has 1 aromatic heterocycles. The average molecular weight is 326 g/mol. The summed E-state index contributed by atoms with van der Waals surface area (Å²) >= 11 is 0. The van der Waals surface area contributed by atoms with Gasteiger partial charge in [-0.3, -0.25) is 9.36 Å². The molecule has 1 saturated carbocycles. The number of aromatic nitrogens is 2. The van der Waals surface area contributed by atoms with Crippen molar-refractivity contribution in [3.8, 4) is 0 Å². The van der Waals surface area contributed by atoms with Gasteiger partial charge in [-0.05, 0) is 49.9 Å². The molecule has 1 aromatic carbocycles. The summed E-state index contributed by atoms with van der Waals surface area (Å²) in [5.41, 5.74) is 3.77. The van der Waals surface area contributed by atoms with Crippen LogP contribution < -0.4 is 16.2 Å². The molecule has 0 saturated heterocycles. The molecule has 2 N–H and O–H groups in total. The van der Waals surface area contributed by atoms with E-state index in [1.54, 1.807) is 12.4 Å². The molecule has 2 aromatic rings. The SMILES string of the molecule is Cc1cc(C)cc(NC(=O)NCCn2cnc(C3CC3)cc2=O)c1. The van der Waals surface area contributed by atoms with Crippen molar-refractivity contribution in [1.82, 2.24) is 14.9 Å². The van der Waals surface area contributed by atoms with Crippen LogP contribution in [0, 0.1) is 13.8 Å². The highest BCUT2D eigenvalue weighted by Gasteiger charge is 2.25. The van der Waals surface area contributed by atoms with E-state index in [0.29, 0.717) is 19.0 Å². The Kier molecular flexibility index (Phi) is 4.64. The van der Waals surface area contributed by atoms with Gasteiger partial charge in [0.2, 0.25) is 0 Å². The number of amides is 2. The molecule has 0 unspecified atom stereocenters. The zero-order valence-corrected chi connectivity index (χ0v) is 14.0. The predicted octanol–water partition coefficient (Wildman–Crippen LogP) is 2.56. The topological polar surface area (TPSA) is 76.0 Å². The number of benzene rings is 1. The average Bonchev–Trinajstić information content (AvgIpc) is 3.32. The highest BCUT2D eigenvalue weighted by molar-refractivity contribution is 5.89. The van der Waals surface area contributed by atoms with Crippen molar-refractivity contribution in [2.45, 2.75) is 39.2 Å². The smallest absolute Gasteiger partial charge is 0.319 e. The first kappa shape index (κ1) is 16.2. The summed E-state index contributed by atoms with van der Waals surface area (Å²) in [5, 5.41) is 5.56. The van der Waals surface area contributed by atoms with Gasteiger partial charge in [0.1, 0.15) is 0 Å². The number of anilines is 1. The van der Waals surface area contributed by atoms with Crippen LogP contribution in [0.1, 0.15) is 35.6 Å². The first-order valence-corrected chi connectivity index (χ1v) is 8.21. The number of urea groups is 1. The van der Waals surface area contributed by atoms with E-state index in [4.69, 9.17) is 0 Å². The van der Waals surface area contributed by atoms with Crippen LogP contribution in [0.2, 0.25) is 0 Å². The molecule has 0 atom stereocenters. The molecule has 0 aliphatic heterocycles. The Balaban J connectivity index is 1.50. The number of aryl methyl sites for hydroxylation is 2. The third kappa shape index (κ3) is 4.22. The van der Waals surface area contributed by atoms with E-state index in [0.717, 1.165) is 35.3 Å². The van der Waals surface area contributed by atoms with E-state index in [1.807, 2.05) is 32.0 Å². The van der Waals surface area contributed by atoms with Gasteiger partial charge in [0.25, 0.3) is 5.56 Å². The van der Waals surface area contributed by atoms with Crippen LogP contribution in [0.5, 0.6) is 0 Å². The molecule has 1 aliphatic rings. The molecule has 0 spiro atoms. The first-order valence-electron chi connectivity index (χ1n) is 8.21. The largest absolute Gasteiger partial charge is 0.336 e. The fourth-order valence-corrected chi connectivity index (χ4v) is 2.72. The summed E-state index contributed by atoms with van der Waals surface area (Å²) in [7, 11) is 0. The maximum atomic E-state index is 12.0. The molecule has 126 valence electrons. The molecule has 6 nitrogen and oxygen atoms in total. The second-order valence-electron chi connectivity index (χ2n) is 6.38. The molecule has 2 amide bonds. The fourth-order valence-electron chi connectivity index (χ4n) is 2.72. The Morgan fingerprint density at radius 1 is 1.21 bits per heavy atom. The number of rotatable bonds is 5. The van der Waals surface area contributed by atoms with Crippen molar-refractivity contribution in [2.75, 3.05) is 11.9 Å². The normalized spacial score (nSPS) is 13.6. The van der Waals surface area contributed by atoms with Crippen molar-refractivity contribution in [1.29, 1.82) is 0 Å². The highest BCUT2D eigenvalue weighted by atomic mass is 16.2. The van der Waals surface area contributed by atoms with Crippen molar-refractivity contribution >= 4 is 11.7 Å². The first-order chi connectivity index (χ1) is 11.5. The van der Waals surface area contributed by atoms with Crippen LogP contribution in [0.25, 0.3) is 0 Å². The number of carbonyl (C=O) groups is 1. The van der Waals surface area contributed by atoms with E-state index in [2.05, 4.69) is 15.6 Å². The molecular formula is C18H22N4O2. The van der Waals surface area contributed by atoms with E-state index in [1.165, 1.54) is 4.57 Å². The minimum absolute atomic E-state index is 0.0663. The second kappa shape index (κ2) is 6.86. The zero-order chi connectivity index (χ0) is 17.1. The fraction of sp³-hybridized carbons (Fsp3) is 0.389. The van der Waals surface area contributed by atoms with Gasteiger partial charge in [0, 0.05) is 30.8 Å². The Hall–Kier alpha value is -2.63. The summed E-state index contributed by atoms with van der Waals surface area (Å²) in [6, 6.07) is 7.20. The lowest BCUT2D eigenvalue weighted by Crippen LogP contribution is -2.33. The van der Waals surface area contributed by atoms with Crippen LogP contribution in [0.3, 0.4) is 0 Å². The molecule has 1 heterocycles. The van der Waals surface area contributed by atoms with Gasteiger partial charge in [-0.15, -0.1) is 0 Å². The van der Waals surface area contributed by atoms with Gasteiger partial charge in [-0.1, -0.05) is 6.07 Å². The minimum atomic E-state index is -0.282. The summed E-state index contributed by atoms with van der Waals surface area (Å²) in [6.07, 6.45) is 3.81. The number of hydrogen-bond acceptors (Lipinski definition) is 3. The highest BCUT2D eigenvalue weighted by Crippen LogP contribution is 2.38. The number of nitrogens with one attached hydrogen (secondary N) is 2. The van der Waals surface area contributed by atoms with E-state index < -0.39 is 0 Å². The zero-order valence-electron chi connectivity index (χ0n) is 14.0. The van der Waals surface area contributed by atoms with Crippen LogP contribution in [0.4, 0.5) is 10.5 Å². The van der Waals surface area contributed by atoms with Crippen LogP contribution in [-0.4, -0.2) is 22.1 Å². The quantitative estimate of drug-likeness (QED) is 0.886. The maximum Gasteiger partial charge on any atom is 0.319 e. The molecule has 24 heavy (non-hydrogen) atoms. The van der Waals surface area contributed by atoms with Gasteiger partial charge in [-0.25, -0.2) is 9.78 Å². The minimum Gasteiger partial charge on any atom is -0.336 e. The van der Waals surface area contributed by atoms with Gasteiger partial charge >= 0.3 is 6.03 Å². The third-order valence-electron chi connectivity index (χ3n) is 4.01. The monoisotopic (exact) mass is 326 g/mol. The molecule has 3 rings (SSSR count). The van der Waals surface area contributed by atoms with Gasteiger partial charge in [-0.2, -0.15) is 0 Å². The molecular weight excluding hydrogens is 304 g/mol. The summed E-state index contributed by atoms with van der Waals surface area (Å²) in [5.74, 6) is 0.467. The molecule has 1 fully saturated rings. The molecule has 0 bridgehead atoms. The summed E-state index contributed by atoms with van der Waals surface area (Å²) < 4.78 is 1.52. The Bertz CT molecular complexity index is 789. The van der Waals surface area contributed by atoms with Crippen molar-refractivity contribution in [3.63, 3.8) is 0 Å². The van der Waals surface area contributed by atoms with Crippen molar-refractivity contribution in [3.05, 3.63) is 57.8 Å². The Morgan fingerprint density at radius 2 is 1.92 bits per heavy atom. The second-order valence-corrected chi connectivity index (χ2v) is 6.38. The Labute approximate surface area is 140 Å². The van der Waals surface area contributed by atoms with Gasteiger partial charge in [0.15, 0.2) is 0 Å². The maximum absolute atomic E-state index is 12.0. The lowest BCUT2D eigenvalue weighted by molar-refractivity contribution is 0.251. The van der Waals surface area contributed by atoms with Crippen molar-refractivity contribution in [2.24, 2.45) is 0 Å². The van der Waals surface area contributed by atoms with Crippen LogP contribution in [-0.2, 0) is 6.54 Å². The standard InChI is InChI=1S/C18H22N4O2/c1-12-7-13(2)9-15(8-12)21-18(24)19-5-6-22-11-20-16(10-17(22)23)14-3-4-14/h7-11,14H,3-6H2,1-2H3,(H2,19,21,24). The van der Waals surface area contributed by atoms with E-state index in [-0.39, 0.29) is 11.6 Å².